The summed E-state index contributed by atoms with van der Waals surface area (Å²) in [5.41, 5.74) is 19.7. The van der Waals surface area contributed by atoms with Crippen molar-refractivity contribution in [1.29, 1.82) is 0 Å². The number of fused-ring (bicyclic) bond motifs is 9. The zero-order chi connectivity index (χ0) is 41.0. The molecule has 2 aromatic heterocycles. The SMILES string of the molecule is c1ccc(-c2cc(-c3ccc(-c4ccc5c(c4)N(c4ccccc4)c4ccccc4C54c5ccccc5-c5ccccc54)cc3)nc(-c3cccc(-c4ccccn4)c3)n2)cc1. The first kappa shape index (κ1) is 35.7. The van der Waals surface area contributed by atoms with Gasteiger partial charge in [0.1, 0.15) is 0 Å². The molecule has 0 N–H and O–H groups in total. The predicted octanol–water partition coefficient (Wildman–Crippen LogP) is 14.4. The van der Waals surface area contributed by atoms with Crippen LogP contribution in [0.15, 0.2) is 231 Å². The minimum Gasteiger partial charge on any atom is -0.310 e. The third-order valence-corrected chi connectivity index (χ3v) is 12.5. The molecule has 3 heterocycles. The van der Waals surface area contributed by atoms with Gasteiger partial charge in [-0.2, -0.15) is 0 Å². The van der Waals surface area contributed by atoms with Crippen molar-refractivity contribution in [1.82, 2.24) is 15.0 Å². The first-order valence-electron chi connectivity index (χ1n) is 21.1. The number of pyridine rings is 1. The maximum absolute atomic E-state index is 5.20. The summed E-state index contributed by atoms with van der Waals surface area (Å²) < 4.78 is 0. The molecule has 62 heavy (non-hydrogen) atoms. The zero-order valence-electron chi connectivity index (χ0n) is 33.7. The molecule has 10 aromatic rings. The zero-order valence-corrected chi connectivity index (χ0v) is 33.7. The van der Waals surface area contributed by atoms with Crippen molar-refractivity contribution < 1.29 is 0 Å². The minimum atomic E-state index is -0.481. The highest BCUT2D eigenvalue weighted by atomic mass is 15.2. The van der Waals surface area contributed by atoms with E-state index in [1.54, 1.807) is 0 Å². The topological polar surface area (TPSA) is 41.9 Å². The van der Waals surface area contributed by atoms with Crippen molar-refractivity contribution in [2.24, 2.45) is 0 Å². The maximum atomic E-state index is 5.20. The molecule has 4 heteroatoms. The van der Waals surface area contributed by atoms with E-state index in [0.29, 0.717) is 5.82 Å². The fourth-order valence-electron chi connectivity index (χ4n) is 9.81. The van der Waals surface area contributed by atoms with Crippen molar-refractivity contribution in [3.8, 4) is 67.4 Å². The van der Waals surface area contributed by atoms with Crippen molar-refractivity contribution in [2.45, 2.75) is 5.41 Å². The molecular weight excluding hydrogens is 753 g/mol. The quantitative estimate of drug-likeness (QED) is 0.168. The van der Waals surface area contributed by atoms with Gasteiger partial charge in [-0.25, -0.2) is 9.97 Å². The van der Waals surface area contributed by atoms with Crippen LogP contribution in [-0.4, -0.2) is 15.0 Å². The lowest BCUT2D eigenvalue weighted by molar-refractivity contribution is 0.753. The number of hydrogen-bond acceptors (Lipinski definition) is 4. The molecule has 1 aliphatic carbocycles. The Bertz CT molecular complexity index is 3240. The average Bonchev–Trinajstić information content (AvgIpc) is 3.65. The van der Waals surface area contributed by atoms with Crippen LogP contribution >= 0.6 is 0 Å². The Balaban J connectivity index is 0.997. The number of nitrogens with zero attached hydrogens (tertiary/aromatic N) is 4. The Morgan fingerprint density at radius 2 is 0.871 bits per heavy atom. The van der Waals surface area contributed by atoms with Crippen LogP contribution < -0.4 is 4.90 Å². The number of anilines is 3. The molecule has 1 spiro atoms. The fraction of sp³-hybridized carbons (Fsp3) is 0.0172. The third kappa shape index (κ3) is 5.65. The molecule has 0 fully saturated rings. The number of hydrogen-bond donors (Lipinski definition) is 0. The molecular formula is C58H38N4. The number of para-hydroxylation sites is 2. The Labute approximate surface area is 361 Å². The Morgan fingerprint density at radius 1 is 0.323 bits per heavy atom. The van der Waals surface area contributed by atoms with E-state index in [9.17, 15) is 0 Å². The van der Waals surface area contributed by atoms with Gasteiger partial charge in [-0.15, -0.1) is 0 Å². The normalized spacial score (nSPS) is 12.9. The molecule has 0 unspecified atom stereocenters. The van der Waals surface area contributed by atoms with Crippen LogP contribution in [0.3, 0.4) is 0 Å². The molecule has 2 aliphatic rings. The van der Waals surface area contributed by atoms with Crippen molar-refractivity contribution in [2.75, 3.05) is 4.90 Å². The molecule has 290 valence electrons. The molecule has 0 amide bonds. The summed E-state index contributed by atoms with van der Waals surface area (Å²) in [6.45, 7) is 0. The molecule has 0 atom stereocenters. The van der Waals surface area contributed by atoms with Gasteiger partial charge in [0.25, 0.3) is 0 Å². The standard InChI is InChI=1S/C58H38N4/c1-3-16-40(17-4-1)53-38-54(61-57(60-53)44-19-15-18-43(36-44)52-27-13-14-35-59-52)41-31-29-39(30-32-41)42-33-34-51-56(37-42)62(45-20-5-2-6-21-45)55-28-12-11-26-50(55)58(51)48-24-9-7-22-46(48)47-23-8-10-25-49(47)58/h1-38H. The molecule has 8 aromatic carbocycles. The second-order valence-electron chi connectivity index (χ2n) is 16.0. The van der Waals surface area contributed by atoms with E-state index in [1.165, 1.54) is 44.8 Å². The lowest BCUT2D eigenvalue weighted by atomic mass is 9.64. The van der Waals surface area contributed by atoms with Gasteiger partial charge in [-0.3, -0.25) is 4.98 Å². The van der Waals surface area contributed by atoms with Gasteiger partial charge in [-0.05, 0) is 93.0 Å². The highest BCUT2D eigenvalue weighted by molar-refractivity contribution is 5.96. The van der Waals surface area contributed by atoms with E-state index < -0.39 is 5.41 Å². The summed E-state index contributed by atoms with van der Waals surface area (Å²) >= 11 is 0. The maximum Gasteiger partial charge on any atom is 0.160 e. The first-order chi connectivity index (χ1) is 30.7. The van der Waals surface area contributed by atoms with E-state index in [-0.39, 0.29) is 0 Å². The molecule has 12 rings (SSSR count). The second kappa shape index (κ2) is 14.5. The van der Waals surface area contributed by atoms with Gasteiger partial charge in [0, 0.05) is 34.1 Å². The van der Waals surface area contributed by atoms with Gasteiger partial charge in [0.15, 0.2) is 5.82 Å². The summed E-state index contributed by atoms with van der Waals surface area (Å²) in [7, 11) is 0. The highest BCUT2D eigenvalue weighted by Crippen LogP contribution is 2.63. The molecule has 0 saturated heterocycles. The van der Waals surface area contributed by atoms with Crippen molar-refractivity contribution >= 4 is 17.1 Å². The molecule has 0 bridgehead atoms. The summed E-state index contributed by atoms with van der Waals surface area (Å²) in [6.07, 6.45) is 1.82. The molecule has 1 aliphatic heterocycles. The summed E-state index contributed by atoms with van der Waals surface area (Å²) in [6, 6.07) is 80.3. The summed E-state index contributed by atoms with van der Waals surface area (Å²) in [4.78, 5) is 17.4. The van der Waals surface area contributed by atoms with E-state index in [4.69, 9.17) is 9.97 Å². The second-order valence-corrected chi connectivity index (χ2v) is 16.0. The Kier molecular flexibility index (Phi) is 8.36. The van der Waals surface area contributed by atoms with Gasteiger partial charge in [0.2, 0.25) is 0 Å². The van der Waals surface area contributed by atoms with Crippen LogP contribution in [0.2, 0.25) is 0 Å². The van der Waals surface area contributed by atoms with E-state index in [1.807, 2.05) is 30.5 Å². The summed E-state index contributed by atoms with van der Waals surface area (Å²) in [5, 5.41) is 0. The molecule has 0 saturated carbocycles. The van der Waals surface area contributed by atoms with E-state index >= 15 is 0 Å². The van der Waals surface area contributed by atoms with Gasteiger partial charge < -0.3 is 4.90 Å². The highest BCUT2D eigenvalue weighted by Gasteiger charge is 2.51. The minimum absolute atomic E-state index is 0.481. The predicted molar refractivity (Wildman–Crippen MR) is 253 cm³/mol. The van der Waals surface area contributed by atoms with Crippen LogP contribution in [0.4, 0.5) is 17.1 Å². The largest absolute Gasteiger partial charge is 0.310 e. The van der Waals surface area contributed by atoms with Crippen molar-refractivity contribution in [3.63, 3.8) is 0 Å². The van der Waals surface area contributed by atoms with Gasteiger partial charge in [0.05, 0.1) is 33.9 Å². The molecule has 0 radical (unpaired) electrons. The Hall–Kier alpha value is -8.21. The van der Waals surface area contributed by atoms with Crippen LogP contribution in [0.5, 0.6) is 0 Å². The van der Waals surface area contributed by atoms with Crippen LogP contribution in [0.1, 0.15) is 22.3 Å². The smallest absolute Gasteiger partial charge is 0.160 e. The van der Waals surface area contributed by atoms with Crippen LogP contribution in [-0.2, 0) is 5.41 Å². The Morgan fingerprint density at radius 3 is 1.58 bits per heavy atom. The average molecular weight is 791 g/mol. The van der Waals surface area contributed by atoms with E-state index in [2.05, 4.69) is 210 Å². The van der Waals surface area contributed by atoms with Gasteiger partial charge >= 0.3 is 0 Å². The third-order valence-electron chi connectivity index (χ3n) is 12.5. The van der Waals surface area contributed by atoms with Crippen LogP contribution in [0.25, 0.3) is 67.4 Å². The number of benzene rings is 8. The van der Waals surface area contributed by atoms with Gasteiger partial charge in [-0.1, -0.05) is 176 Å². The monoisotopic (exact) mass is 790 g/mol. The van der Waals surface area contributed by atoms with Crippen LogP contribution in [0, 0.1) is 0 Å². The molecule has 4 nitrogen and oxygen atoms in total. The van der Waals surface area contributed by atoms with Crippen molar-refractivity contribution in [3.05, 3.63) is 253 Å². The van der Waals surface area contributed by atoms with E-state index in [0.717, 1.165) is 56.1 Å². The first-order valence-corrected chi connectivity index (χ1v) is 21.1. The lowest BCUT2D eigenvalue weighted by Gasteiger charge is -2.45. The number of rotatable bonds is 6. The number of aromatic nitrogens is 3. The lowest BCUT2D eigenvalue weighted by Crippen LogP contribution is -2.36. The fourth-order valence-corrected chi connectivity index (χ4v) is 9.81. The summed E-state index contributed by atoms with van der Waals surface area (Å²) in [5.74, 6) is 0.670.